The molecular weight excluding hydrogens is 338 g/mol. The molecule has 5 nitrogen and oxygen atoms in total. The lowest BCUT2D eigenvalue weighted by Gasteiger charge is -2.31. The van der Waals surface area contributed by atoms with E-state index in [1.54, 1.807) is 0 Å². The highest BCUT2D eigenvalue weighted by Crippen LogP contribution is 2.33. The molecule has 2 N–H and O–H groups in total. The van der Waals surface area contributed by atoms with Crippen molar-refractivity contribution in [3.05, 3.63) is 23.8 Å². The zero-order valence-electron chi connectivity index (χ0n) is 14.8. The number of amides is 2. The van der Waals surface area contributed by atoms with Gasteiger partial charge in [0.1, 0.15) is 0 Å². The van der Waals surface area contributed by atoms with E-state index in [1.165, 1.54) is 19.8 Å². The third kappa shape index (κ3) is 4.95. The number of halogens is 1. The van der Waals surface area contributed by atoms with E-state index < -0.39 is 0 Å². The van der Waals surface area contributed by atoms with Gasteiger partial charge in [-0.25, -0.2) is 0 Å². The molecule has 0 aliphatic carbocycles. The molecule has 25 heavy (non-hydrogen) atoms. The van der Waals surface area contributed by atoms with Crippen molar-refractivity contribution in [3.63, 3.8) is 0 Å². The summed E-state index contributed by atoms with van der Waals surface area (Å²) in [7, 11) is 0. The number of piperidine rings is 1. The lowest BCUT2D eigenvalue weighted by Crippen LogP contribution is -2.36. The van der Waals surface area contributed by atoms with Gasteiger partial charge >= 0.3 is 0 Å². The highest BCUT2D eigenvalue weighted by molar-refractivity contribution is 5.97. The van der Waals surface area contributed by atoms with E-state index >= 15 is 0 Å². The average Bonchev–Trinajstić information content (AvgIpc) is 2.60. The number of fused-ring (bicyclic) bond motifs is 1. The predicted octanol–water partition coefficient (Wildman–Crippen LogP) is 3.13. The molecule has 1 aromatic rings. The number of anilines is 2. The number of nitrogens with zero attached hydrogens (tertiary/aromatic N) is 1. The smallest absolute Gasteiger partial charge is 0.226 e. The summed E-state index contributed by atoms with van der Waals surface area (Å²) in [4.78, 5) is 26.1. The third-order valence-electron chi connectivity index (χ3n) is 5.09. The maximum atomic E-state index is 12.8. The summed E-state index contributed by atoms with van der Waals surface area (Å²) >= 11 is 0. The second-order valence-corrected chi connectivity index (χ2v) is 6.87. The molecule has 1 aromatic carbocycles. The number of benzene rings is 1. The van der Waals surface area contributed by atoms with Gasteiger partial charge in [-0.3, -0.25) is 9.59 Å². The number of hydrogen-bond donors (Lipinski definition) is 2. The van der Waals surface area contributed by atoms with E-state index in [1.807, 2.05) is 23.1 Å². The Balaban J connectivity index is 0.00000225. The molecular formula is C19H28ClN3O2. The largest absolute Gasteiger partial charge is 0.326 e. The zero-order chi connectivity index (χ0) is 16.9. The lowest BCUT2D eigenvalue weighted by atomic mass is 9.92. The van der Waals surface area contributed by atoms with Crippen LogP contribution in [0.4, 0.5) is 11.4 Å². The van der Waals surface area contributed by atoms with E-state index in [4.69, 9.17) is 0 Å². The Labute approximate surface area is 155 Å². The number of hydrogen-bond acceptors (Lipinski definition) is 3. The Morgan fingerprint density at radius 3 is 2.76 bits per heavy atom. The van der Waals surface area contributed by atoms with Crippen LogP contribution in [0, 0.1) is 5.92 Å². The summed E-state index contributed by atoms with van der Waals surface area (Å²) in [5.41, 5.74) is 2.91. The first-order valence-corrected chi connectivity index (χ1v) is 9.05. The standard InChI is InChI=1S/C19H27N3O2.ClH/c1-14(23)21-17-5-2-6-18-16(17)4-3-13-22(18)19(24)8-7-15-9-11-20-12-10-15;/h2,5-6,15,20H,3-4,7-13H2,1H3,(H,21,23);1H. The van der Waals surface area contributed by atoms with Gasteiger partial charge in [0.05, 0.1) is 0 Å². The molecule has 0 unspecified atom stereocenters. The number of carbonyl (C=O) groups is 2. The van der Waals surface area contributed by atoms with Crippen LogP contribution in [-0.4, -0.2) is 31.4 Å². The van der Waals surface area contributed by atoms with Crippen molar-refractivity contribution in [2.75, 3.05) is 29.9 Å². The highest BCUT2D eigenvalue weighted by atomic mass is 35.5. The Hall–Kier alpha value is -1.59. The van der Waals surface area contributed by atoms with Crippen molar-refractivity contribution < 1.29 is 9.59 Å². The summed E-state index contributed by atoms with van der Waals surface area (Å²) in [5.74, 6) is 0.817. The lowest BCUT2D eigenvalue weighted by molar-refractivity contribution is -0.119. The normalized spacial score (nSPS) is 17.4. The molecule has 1 saturated heterocycles. The summed E-state index contributed by atoms with van der Waals surface area (Å²) < 4.78 is 0. The van der Waals surface area contributed by atoms with Crippen LogP contribution in [0.3, 0.4) is 0 Å². The molecule has 0 atom stereocenters. The van der Waals surface area contributed by atoms with Crippen LogP contribution in [0.5, 0.6) is 0 Å². The van der Waals surface area contributed by atoms with Crippen LogP contribution in [0.1, 0.15) is 44.6 Å². The van der Waals surface area contributed by atoms with Crippen LogP contribution in [0.25, 0.3) is 0 Å². The molecule has 0 aromatic heterocycles. The Bertz CT molecular complexity index is 615. The van der Waals surface area contributed by atoms with Crippen LogP contribution < -0.4 is 15.5 Å². The monoisotopic (exact) mass is 365 g/mol. The molecule has 0 radical (unpaired) electrons. The van der Waals surface area contributed by atoms with Gasteiger partial charge in [0.2, 0.25) is 11.8 Å². The topological polar surface area (TPSA) is 61.4 Å². The van der Waals surface area contributed by atoms with E-state index in [0.29, 0.717) is 12.3 Å². The molecule has 3 rings (SSSR count). The van der Waals surface area contributed by atoms with E-state index in [2.05, 4.69) is 10.6 Å². The summed E-state index contributed by atoms with van der Waals surface area (Å²) in [6, 6.07) is 5.84. The van der Waals surface area contributed by atoms with E-state index in [0.717, 1.165) is 55.8 Å². The Morgan fingerprint density at radius 1 is 1.28 bits per heavy atom. The molecule has 2 aliphatic rings. The van der Waals surface area contributed by atoms with Crippen LogP contribution in [0.2, 0.25) is 0 Å². The number of nitrogens with one attached hydrogen (secondary N) is 2. The quantitative estimate of drug-likeness (QED) is 0.861. The van der Waals surface area contributed by atoms with Crippen molar-refractivity contribution in [1.29, 1.82) is 0 Å². The SMILES string of the molecule is CC(=O)Nc1cccc2c1CCCN2C(=O)CCC1CCNCC1.Cl. The molecule has 1 fully saturated rings. The van der Waals surface area contributed by atoms with Gasteiger partial charge in [0.25, 0.3) is 0 Å². The predicted molar refractivity (Wildman–Crippen MR) is 103 cm³/mol. The minimum atomic E-state index is -0.0715. The molecule has 2 heterocycles. The summed E-state index contributed by atoms with van der Waals surface area (Å²) in [5, 5.41) is 6.26. The number of carbonyl (C=O) groups excluding carboxylic acids is 2. The van der Waals surface area contributed by atoms with Crippen LogP contribution in [-0.2, 0) is 16.0 Å². The second kappa shape index (κ2) is 9.20. The first-order valence-electron chi connectivity index (χ1n) is 9.05. The molecule has 2 aliphatic heterocycles. The summed E-state index contributed by atoms with van der Waals surface area (Å²) in [6.07, 6.45) is 5.81. The van der Waals surface area contributed by atoms with Crippen molar-refractivity contribution >= 4 is 35.6 Å². The van der Waals surface area contributed by atoms with Crippen molar-refractivity contribution in [3.8, 4) is 0 Å². The first kappa shape index (κ1) is 19.7. The van der Waals surface area contributed by atoms with Crippen LogP contribution in [0.15, 0.2) is 18.2 Å². The van der Waals surface area contributed by atoms with Gasteiger partial charge in [-0.15, -0.1) is 12.4 Å². The molecule has 0 saturated carbocycles. The van der Waals surface area contributed by atoms with E-state index in [9.17, 15) is 9.59 Å². The van der Waals surface area contributed by atoms with Gasteiger partial charge < -0.3 is 15.5 Å². The minimum absolute atomic E-state index is 0. The minimum Gasteiger partial charge on any atom is -0.326 e. The van der Waals surface area contributed by atoms with E-state index in [-0.39, 0.29) is 24.2 Å². The zero-order valence-corrected chi connectivity index (χ0v) is 15.7. The highest BCUT2D eigenvalue weighted by Gasteiger charge is 2.25. The first-order chi connectivity index (χ1) is 11.6. The maximum Gasteiger partial charge on any atom is 0.226 e. The average molecular weight is 366 g/mol. The van der Waals surface area contributed by atoms with Gasteiger partial charge in [-0.2, -0.15) is 0 Å². The second-order valence-electron chi connectivity index (χ2n) is 6.87. The maximum absolute atomic E-state index is 12.8. The third-order valence-corrected chi connectivity index (χ3v) is 5.09. The van der Waals surface area contributed by atoms with Crippen LogP contribution >= 0.6 is 12.4 Å². The number of rotatable bonds is 4. The molecule has 0 spiro atoms. The summed E-state index contributed by atoms with van der Waals surface area (Å²) in [6.45, 7) is 4.45. The fraction of sp³-hybridized carbons (Fsp3) is 0.579. The van der Waals surface area contributed by atoms with Crippen molar-refractivity contribution in [1.82, 2.24) is 5.32 Å². The Kier molecular flexibility index (Phi) is 7.26. The van der Waals surface area contributed by atoms with Gasteiger partial charge in [0, 0.05) is 31.3 Å². The molecule has 0 bridgehead atoms. The molecule has 2 amide bonds. The fourth-order valence-corrected chi connectivity index (χ4v) is 3.82. The van der Waals surface area contributed by atoms with Crippen molar-refractivity contribution in [2.24, 2.45) is 5.92 Å². The molecule has 138 valence electrons. The van der Waals surface area contributed by atoms with Gasteiger partial charge in [-0.1, -0.05) is 6.07 Å². The van der Waals surface area contributed by atoms with Gasteiger partial charge in [-0.05, 0) is 68.8 Å². The Morgan fingerprint density at radius 2 is 2.04 bits per heavy atom. The van der Waals surface area contributed by atoms with Crippen molar-refractivity contribution in [2.45, 2.75) is 45.4 Å². The van der Waals surface area contributed by atoms with Gasteiger partial charge in [0.15, 0.2) is 0 Å². The molecule has 6 heteroatoms. The fourth-order valence-electron chi connectivity index (χ4n) is 3.82.